The summed E-state index contributed by atoms with van der Waals surface area (Å²) < 4.78 is 31.5. The Balaban J connectivity index is 2.60. The Kier molecular flexibility index (Phi) is 4.06. The number of hydrogen-bond acceptors (Lipinski definition) is 4. The van der Waals surface area contributed by atoms with Gasteiger partial charge in [-0.1, -0.05) is 18.5 Å². The zero-order valence-electron chi connectivity index (χ0n) is 11.4. The predicted molar refractivity (Wildman–Crippen MR) is 76.9 cm³/mol. The number of nitrogens with zero attached hydrogens (tertiary/aromatic N) is 2. The largest absolute Gasteiger partial charge is 0.495 e. The van der Waals surface area contributed by atoms with E-state index in [2.05, 4.69) is 4.98 Å². The van der Waals surface area contributed by atoms with E-state index in [9.17, 15) is 8.42 Å². The Morgan fingerprint density at radius 2 is 2.10 bits per heavy atom. The fourth-order valence-corrected chi connectivity index (χ4v) is 3.54. The van der Waals surface area contributed by atoms with E-state index in [-0.39, 0.29) is 4.90 Å². The average molecular weight is 315 g/mol. The maximum Gasteiger partial charge on any atom is 0.269 e. The number of aromatic nitrogens is 2. The molecule has 1 aromatic carbocycles. The minimum Gasteiger partial charge on any atom is -0.495 e. The van der Waals surface area contributed by atoms with Gasteiger partial charge in [-0.2, -0.15) is 0 Å². The van der Waals surface area contributed by atoms with Crippen molar-refractivity contribution in [3.63, 3.8) is 0 Å². The van der Waals surface area contributed by atoms with E-state index in [1.54, 1.807) is 6.92 Å². The Morgan fingerprint density at radius 3 is 2.70 bits per heavy atom. The van der Waals surface area contributed by atoms with Crippen LogP contribution in [0.2, 0.25) is 5.02 Å². The lowest BCUT2D eigenvalue weighted by Crippen LogP contribution is -2.15. The first-order valence-corrected chi connectivity index (χ1v) is 7.86. The fourth-order valence-electron chi connectivity index (χ4n) is 1.88. The lowest BCUT2D eigenvalue weighted by molar-refractivity contribution is 0.413. The van der Waals surface area contributed by atoms with Crippen LogP contribution in [0.15, 0.2) is 29.3 Å². The van der Waals surface area contributed by atoms with Gasteiger partial charge in [-0.15, -0.1) is 0 Å². The maximum absolute atomic E-state index is 12.6. The lowest BCUT2D eigenvalue weighted by Gasteiger charge is -2.10. The van der Waals surface area contributed by atoms with Crippen LogP contribution in [0.1, 0.15) is 18.4 Å². The van der Waals surface area contributed by atoms with E-state index in [0.29, 0.717) is 28.7 Å². The first kappa shape index (κ1) is 14.9. The van der Waals surface area contributed by atoms with Crippen LogP contribution in [0.3, 0.4) is 0 Å². The quantitative estimate of drug-likeness (QED) is 0.870. The van der Waals surface area contributed by atoms with Gasteiger partial charge in [0.25, 0.3) is 10.0 Å². The third-order valence-corrected chi connectivity index (χ3v) is 4.86. The smallest absolute Gasteiger partial charge is 0.269 e. The number of hydrogen-bond donors (Lipinski definition) is 0. The second kappa shape index (κ2) is 5.46. The monoisotopic (exact) mass is 314 g/mol. The molecule has 0 unspecified atom stereocenters. The van der Waals surface area contributed by atoms with Crippen molar-refractivity contribution < 1.29 is 13.2 Å². The molecule has 5 nitrogen and oxygen atoms in total. The first-order chi connectivity index (χ1) is 9.40. The summed E-state index contributed by atoms with van der Waals surface area (Å²) in [7, 11) is -2.25. The van der Waals surface area contributed by atoms with Crippen molar-refractivity contribution in [2.45, 2.75) is 25.2 Å². The molecule has 0 radical (unpaired) electrons. The summed E-state index contributed by atoms with van der Waals surface area (Å²) in [5.74, 6) is 0.819. The van der Waals surface area contributed by atoms with Gasteiger partial charge in [0, 0.05) is 18.7 Å². The molecule has 0 saturated carbocycles. The van der Waals surface area contributed by atoms with Gasteiger partial charge in [0.2, 0.25) is 0 Å². The molecule has 0 fully saturated rings. The predicted octanol–water partition coefficient (Wildman–Crippen LogP) is 2.65. The minimum atomic E-state index is -3.69. The minimum absolute atomic E-state index is 0.117. The third-order valence-electron chi connectivity index (χ3n) is 2.86. The lowest BCUT2D eigenvalue weighted by atomic mass is 10.3. The molecule has 0 atom stereocenters. The van der Waals surface area contributed by atoms with E-state index in [0.717, 1.165) is 0 Å². The molecule has 20 heavy (non-hydrogen) atoms. The molecule has 0 amide bonds. The summed E-state index contributed by atoms with van der Waals surface area (Å²) in [5.41, 5.74) is 0.659. The van der Waals surface area contributed by atoms with Gasteiger partial charge < -0.3 is 4.74 Å². The molecular formula is C13H15ClN2O3S. The van der Waals surface area contributed by atoms with Gasteiger partial charge in [-0.05, 0) is 19.1 Å². The molecule has 0 aliphatic heterocycles. The normalized spacial score (nSPS) is 11.6. The van der Waals surface area contributed by atoms with Crippen molar-refractivity contribution in [3.8, 4) is 5.75 Å². The second-order valence-electron chi connectivity index (χ2n) is 4.25. The molecule has 1 heterocycles. The number of ether oxygens (including phenoxy) is 1. The van der Waals surface area contributed by atoms with Crippen molar-refractivity contribution in [1.82, 2.24) is 8.96 Å². The van der Waals surface area contributed by atoms with Crippen LogP contribution >= 0.6 is 11.6 Å². The van der Waals surface area contributed by atoms with Crippen molar-refractivity contribution in [2.24, 2.45) is 0 Å². The van der Waals surface area contributed by atoms with Crippen LogP contribution in [-0.4, -0.2) is 24.5 Å². The molecule has 0 saturated heterocycles. The van der Waals surface area contributed by atoms with Crippen LogP contribution in [-0.2, 0) is 16.4 Å². The molecule has 7 heteroatoms. The van der Waals surface area contributed by atoms with E-state index >= 15 is 0 Å². The summed E-state index contributed by atoms with van der Waals surface area (Å²) in [6, 6.07) is 4.37. The highest BCUT2D eigenvalue weighted by Gasteiger charge is 2.21. The van der Waals surface area contributed by atoms with E-state index in [1.165, 1.54) is 35.5 Å². The first-order valence-electron chi connectivity index (χ1n) is 6.04. The molecule has 1 aromatic heterocycles. The highest BCUT2D eigenvalue weighted by Crippen LogP contribution is 2.28. The number of methoxy groups -OCH3 is 1. The molecule has 2 rings (SSSR count). The molecule has 108 valence electrons. The Hall–Kier alpha value is -1.53. The van der Waals surface area contributed by atoms with Gasteiger partial charge >= 0.3 is 0 Å². The van der Waals surface area contributed by atoms with Gasteiger partial charge in [-0.25, -0.2) is 17.4 Å². The van der Waals surface area contributed by atoms with Crippen LogP contribution in [0.25, 0.3) is 0 Å². The highest BCUT2D eigenvalue weighted by molar-refractivity contribution is 7.90. The number of aryl methyl sites for hydroxylation is 2. The zero-order chi connectivity index (χ0) is 14.9. The topological polar surface area (TPSA) is 61.2 Å². The Labute approximate surface area is 123 Å². The van der Waals surface area contributed by atoms with Gasteiger partial charge in [0.1, 0.15) is 11.6 Å². The maximum atomic E-state index is 12.6. The molecule has 0 aliphatic rings. The van der Waals surface area contributed by atoms with Crippen LogP contribution in [0.4, 0.5) is 0 Å². The summed E-state index contributed by atoms with van der Waals surface area (Å²) in [5, 5.41) is 0.365. The van der Waals surface area contributed by atoms with Gasteiger partial charge in [0.15, 0.2) is 0 Å². The van der Waals surface area contributed by atoms with Crippen molar-refractivity contribution >= 4 is 21.6 Å². The number of benzene rings is 1. The summed E-state index contributed by atoms with van der Waals surface area (Å²) in [6.07, 6.45) is 2.03. The fraction of sp³-hybridized carbons (Fsp3) is 0.308. The van der Waals surface area contributed by atoms with Crippen LogP contribution < -0.4 is 4.74 Å². The molecule has 0 aliphatic carbocycles. The van der Waals surface area contributed by atoms with Gasteiger partial charge in [0.05, 0.1) is 22.7 Å². The summed E-state index contributed by atoms with van der Waals surface area (Å²) >= 11 is 5.92. The van der Waals surface area contributed by atoms with Crippen molar-refractivity contribution in [3.05, 3.63) is 40.9 Å². The zero-order valence-corrected chi connectivity index (χ0v) is 13.0. The number of imidazole rings is 1. The Morgan fingerprint density at radius 1 is 1.40 bits per heavy atom. The molecule has 0 N–H and O–H groups in total. The standard InChI is InChI=1S/C13H15ClN2O3S/c1-4-13-15-9(2)8-16(13)20(17,18)10-5-6-11(14)12(7-10)19-3/h5-8H,4H2,1-3H3. The summed E-state index contributed by atoms with van der Waals surface area (Å²) in [4.78, 5) is 4.32. The molecule has 0 spiro atoms. The van der Waals surface area contributed by atoms with E-state index in [4.69, 9.17) is 16.3 Å². The van der Waals surface area contributed by atoms with Crippen molar-refractivity contribution in [1.29, 1.82) is 0 Å². The van der Waals surface area contributed by atoms with Crippen LogP contribution in [0, 0.1) is 6.92 Å². The van der Waals surface area contributed by atoms with E-state index in [1.807, 2.05) is 6.92 Å². The molecule has 0 bridgehead atoms. The third kappa shape index (κ3) is 2.53. The second-order valence-corrected chi connectivity index (χ2v) is 6.47. The SMILES string of the molecule is CCc1nc(C)cn1S(=O)(=O)c1ccc(Cl)c(OC)c1. The molecular weight excluding hydrogens is 300 g/mol. The highest BCUT2D eigenvalue weighted by atomic mass is 35.5. The summed E-state index contributed by atoms with van der Waals surface area (Å²) in [6.45, 7) is 3.61. The average Bonchev–Trinajstić information content (AvgIpc) is 2.81. The molecule has 2 aromatic rings. The number of rotatable bonds is 4. The van der Waals surface area contributed by atoms with Crippen LogP contribution in [0.5, 0.6) is 5.75 Å². The Bertz CT molecular complexity index is 738. The number of halogens is 1. The van der Waals surface area contributed by atoms with Crippen molar-refractivity contribution in [2.75, 3.05) is 7.11 Å². The van der Waals surface area contributed by atoms with Gasteiger partial charge in [-0.3, -0.25) is 0 Å². The van der Waals surface area contributed by atoms with E-state index < -0.39 is 10.0 Å².